The molecule has 4 heteroatoms. The number of benzene rings is 1. The van der Waals surface area contributed by atoms with Crippen LogP contribution in [-0.2, 0) is 6.42 Å². The summed E-state index contributed by atoms with van der Waals surface area (Å²) >= 11 is 0. The van der Waals surface area contributed by atoms with Gasteiger partial charge in [-0.25, -0.2) is 4.98 Å². The molecule has 0 unspecified atom stereocenters. The highest BCUT2D eigenvalue weighted by Crippen LogP contribution is 2.33. The van der Waals surface area contributed by atoms with E-state index in [-0.39, 0.29) is 0 Å². The fourth-order valence-corrected chi connectivity index (χ4v) is 2.54. The number of aromatic nitrogens is 1. The number of pyridine rings is 1. The Kier molecular flexibility index (Phi) is 3.15. The van der Waals surface area contributed by atoms with Crippen LogP contribution in [0.4, 0.5) is 5.82 Å². The molecule has 1 aliphatic rings. The van der Waals surface area contributed by atoms with Crippen LogP contribution in [0.15, 0.2) is 18.2 Å². The maximum atomic E-state index is 5.42. The van der Waals surface area contributed by atoms with E-state index in [0.717, 1.165) is 41.2 Å². The lowest BCUT2D eigenvalue weighted by Crippen LogP contribution is -2.03. The Balaban J connectivity index is 2.22. The fraction of sp³-hybridized carbons (Fsp3) is 0.400. The van der Waals surface area contributed by atoms with E-state index in [9.17, 15) is 0 Å². The Morgan fingerprint density at radius 2 is 2.00 bits per heavy atom. The molecule has 0 bridgehead atoms. The molecule has 0 spiro atoms. The second kappa shape index (κ2) is 4.96. The minimum absolute atomic E-state index is 0.753. The van der Waals surface area contributed by atoms with E-state index in [0.29, 0.717) is 0 Å². The number of nitrogens with zero attached hydrogens (tertiary/aromatic N) is 1. The Hall–Kier alpha value is -1.97. The number of hydrogen-bond acceptors (Lipinski definition) is 4. The van der Waals surface area contributed by atoms with Gasteiger partial charge in [0.1, 0.15) is 22.8 Å². The van der Waals surface area contributed by atoms with Crippen molar-refractivity contribution in [1.29, 1.82) is 0 Å². The van der Waals surface area contributed by atoms with Crippen LogP contribution in [0.1, 0.15) is 18.4 Å². The molecule has 100 valence electrons. The number of aryl methyl sites for hydroxylation is 1. The summed E-state index contributed by atoms with van der Waals surface area (Å²) in [6, 6.07) is 6.08. The number of anilines is 1. The largest absolute Gasteiger partial charge is 0.497 e. The number of nitrogens with one attached hydrogen (secondary N) is 1. The van der Waals surface area contributed by atoms with Crippen LogP contribution >= 0.6 is 0 Å². The van der Waals surface area contributed by atoms with Gasteiger partial charge in [-0.15, -0.1) is 0 Å². The van der Waals surface area contributed by atoms with Crippen molar-refractivity contribution in [2.75, 3.05) is 26.1 Å². The Morgan fingerprint density at radius 3 is 2.79 bits per heavy atom. The normalized spacial score (nSPS) is 14.4. The van der Waals surface area contributed by atoms with Crippen molar-refractivity contribution in [3.8, 4) is 11.5 Å². The minimum Gasteiger partial charge on any atom is -0.497 e. The number of ether oxygens (including phenoxy) is 2. The zero-order valence-corrected chi connectivity index (χ0v) is 11.3. The van der Waals surface area contributed by atoms with Gasteiger partial charge in [0.25, 0.3) is 0 Å². The Bertz CT molecular complexity index is 611. The molecular weight excluding hydrogens is 240 g/mol. The molecule has 4 nitrogen and oxygen atoms in total. The Morgan fingerprint density at radius 1 is 1.11 bits per heavy atom. The van der Waals surface area contributed by atoms with Crippen LogP contribution < -0.4 is 14.8 Å². The lowest BCUT2D eigenvalue weighted by molar-refractivity contribution is 0.397. The van der Waals surface area contributed by atoms with Gasteiger partial charge >= 0.3 is 0 Å². The summed E-state index contributed by atoms with van der Waals surface area (Å²) in [6.45, 7) is 0.990. The molecule has 1 aromatic carbocycles. The number of rotatable bonds is 2. The number of methoxy groups -OCH3 is 2. The van der Waals surface area contributed by atoms with Crippen molar-refractivity contribution in [2.24, 2.45) is 0 Å². The van der Waals surface area contributed by atoms with Crippen LogP contribution in [-0.4, -0.2) is 25.7 Å². The van der Waals surface area contributed by atoms with Crippen LogP contribution in [0.25, 0.3) is 10.9 Å². The standard InChI is InChI=1S/C15H18N2O2/c1-18-12-8-11-7-10-5-3-4-6-16-15(10)17-14(11)13(9-12)19-2/h7-9H,3-6H2,1-2H3,(H,16,17). The summed E-state index contributed by atoms with van der Waals surface area (Å²) < 4.78 is 10.7. The van der Waals surface area contributed by atoms with E-state index in [4.69, 9.17) is 14.5 Å². The molecule has 0 saturated carbocycles. The first-order valence-electron chi connectivity index (χ1n) is 6.61. The van der Waals surface area contributed by atoms with Gasteiger partial charge < -0.3 is 14.8 Å². The number of hydrogen-bond donors (Lipinski definition) is 1. The van der Waals surface area contributed by atoms with Crippen molar-refractivity contribution in [1.82, 2.24) is 4.98 Å². The van der Waals surface area contributed by atoms with Crippen molar-refractivity contribution in [3.63, 3.8) is 0 Å². The van der Waals surface area contributed by atoms with Gasteiger partial charge in [0.05, 0.1) is 14.2 Å². The highest BCUT2D eigenvalue weighted by Gasteiger charge is 2.13. The lowest BCUT2D eigenvalue weighted by atomic mass is 10.1. The molecule has 2 aromatic rings. The van der Waals surface area contributed by atoms with E-state index in [2.05, 4.69) is 11.4 Å². The molecular formula is C15H18N2O2. The molecule has 0 saturated heterocycles. The predicted molar refractivity (Wildman–Crippen MR) is 76.3 cm³/mol. The van der Waals surface area contributed by atoms with E-state index < -0.39 is 0 Å². The SMILES string of the molecule is COc1cc(OC)c2nc3c(cc2c1)CCCCN3. The van der Waals surface area contributed by atoms with Crippen molar-refractivity contribution in [3.05, 3.63) is 23.8 Å². The molecule has 1 aromatic heterocycles. The lowest BCUT2D eigenvalue weighted by Gasteiger charge is -2.12. The van der Waals surface area contributed by atoms with E-state index in [1.54, 1.807) is 14.2 Å². The molecule has 1 aliphatic heterocycles. The Labute approximate surface area is 112 Å². The van der Waals surface area contributed by atoms with Gasteiger partial charge in [-0.3, -0.25) is 0 Å². The second-order valence-electron chi connectivity index (χ2n) is 4.78. The van der Waals surface area contributed by atoms with Gasteiger partial charge in [-0.1, -0.05) is 0 Å². The fourth-order valence-electron chi connectivity index (χ4n) is 2.54. The third-order valence-electron chi connectivity index (χ3n) is 3.56. The highest BCUT2D eigenvalue weighted by atomic mass is 16.5. The summed E-state index contributed by atoms with van der Waals surface area (Å²) in [7, 11) is 3.33. The summed E-state index contributed by atoms with van der Waals surface area (Å²) in [5, 5.41) is 4.47. The van der Waals surface area contributed by atoms with Gasteiger partial charge in [0, 0.05) is 18.0 Å². The van der Waals surface area contributed by atoms with Crippen LogP contribution in [0.2, 0.25) is 0 Å². The molecule has 19 heavy (non-hydrogen) atoms. The van der Waals surface area contributed by atoms with Gasteiger partial charge in [-0.2, -0.15) is 0 Å². The molecule has 2 heterocycles. The van der Waals surface area contributed by atoms with Crippen LogP contribution in [0, 0.1) is 0 Å². The molecule has 0 fully saturated rings. The monoisotopic (exact) mass is 258 g/mol. The second-order valence-corrected chi connectivity index (χ2v) is 4.78. The van der Waals surface area contributed by atoms with Crippen molar-refractivity contribution >= 4 is 16.7 Å². The first kappa shape index (κ1) is 12.1. The molecule has 0 atom stereocenters. The van der Waals surface area contributed by atoms with Crippen molar-refractivity contribution in [2.45, 2.75) is 19.3 Å². The van der Waals surface area contributed by atoms with Gasteiger partial charge in [-0.05, 0) is 37.0 Å². The van der Waals surface area contributed by atoms with Crippen LogP contribution in [0.5, 0.6) is 11.5 Å². The predicted octanol–water partition coefficient (Wildman–Crippen LogP) is 3.00. The summed E-state index contributed by atoms with van der Waals surface area (Å²) in [4.78, 5) is 4.73. The minimum atomic E-state index is 0.753. The van der Waals surface area contributed by atoms with E-state index >= 15 is 0 Å². The van der Waals surface area contributed by atoms with Crippen LogP contribution in [0.3, 0.4) is 0 Å². The third-order valence-corrected chi connectivity index (χ3v) is 3.56. The van der Waals surface area contributed by atoms with Gasteiger partial charge in [0.15, 0.2) is 0 Å². The topological polar surface area (TPSA) is 43.4 Å². The first-order chi connectivity index (χ1) is 9.31. The third kappa shape index (κ3) is 2.18. The summed E-state index contributed by atoms with van der Waals surface area (Å²) in [5.41, 5.74) is 2.16. The molecule has 0 amide bonds. The molecule has 0 radical (unpaired) electrons. The number of fused-ring (bicyclic) bond motifs is 2. The van der Waals surface area contributed by atoms with E-state index in [1.807, 2.05) is 12.1 Å². The first-order valence-corrected chi connectivity index (χ1v) is 6.61. The summed E-state index contributed by atoms with van der Waals surface area (Å²) in [6.07, 6.45) is 3.46. The van der Waals surface area contributed by atoms with Crippen molar-refractivity contribution < 1.29 is 9.47 Å². The molecule has 1 N–H and O–H groups in total. The maximum absolute atomic E-state index is 5.42. The zero-order chi connectivity index (χ0) is 13.2. The van der Waals surface area contributed by atoms with E-state index in [1.165, 1.54) is 18.4 Å². The molecule has 3 rings (SSSR count). The molecule has 0 aliphatic carbocycles. The average Bonchev–Trinajstić information content (AvgIpc) is 2.68. The zero-order valence-electron chi connectivity index (χ0n) is 11.3. The average molecular weight is 258 g/mol. The maximum Gasteiger partial charge on any atom is 0.148 e. The quantitative estimate of drug-likeness (QED) is 0.899. The highest BCUT2D eigenvalue weighted by molar-refractivity contribution is 5.88. The smallest absolute Gasteiger partial charge is 0.148 e. The summed E-state index contributed by atoms with van der Waals surface area (Å²) in [5.74, 6) is 2.55. The van der Waals surface area contributed by atoms with Gasteiger partial charge in [0.2, 0.25) is 0 Å².